The molecule has 4 nitrogen and oxygen atoms in total. The van der Waals surface area contributed by atoms with Crippen molar-refractivity contribution in [3.63, 3.8) is 0 Å². The average molecular weight is 378 g/mol. The van der Waals surface area contributed by atoms with Gasteiger partial charge in [-0.05, 0) is 37.3 Å². The van der Waals surface area contributed by atoms with E-state index in [1.54, 1.807) is 5.38 Å². The molecule has 0 radical (unpaired) electrons. The lowest BCUT2D eigenvalue weighted by Crippen LogP contribution is -2.41. The largest absolute Gasteiger partial charge is 0.480 e. The van der Waals surface area contributed by atoms with Gasteiger partial charge in [0.1, 0.15) is 22.7 Å². The Labute approximate surface area is 154 Å². The lowest BCUT2D eigenvalue weighted by Gasteiger charge is -2.32. The molecule has 1 aliphatic heterocycles. The molecule has 2 heterocycles. The highest BCUT2D eigenvalue weighted by molar-refractivity contribution is 7.09. The number of rotatable bonds is 4. The fourth-order valence-electron chi connectivity index (χ4n) is 4.42. The molecule has 1 saturated heterocycles. The van der Waals surface area contributed by atoms with Crippen LogP contribution < -0.4 is 0 Å². The molecule has 4 rings (SSSR count). The van der Waals surface area contributed by atoms with Crippen LogP contribution in [0.3, 0.4) is 0 Å². The summed E-state index contributed by atoms with van der Waals surface area (Å²) in [6.07, 6.45) is 5.05. The average Bonchev–Trinajstić information content (AvgIpc) is 3.21. The van der Waals surface area contributed by atoms with Crippen LogP contribution in [-0.2, 0) is 11.3 Å². The molecule has 26 heavy (non-hydrogen) atoms. The van der Waals surface area contributed by atoms with Gasteiger partial charge in [-0.15, -0.1) is 11.3 Å². The number of halogens is 2. The number of aromatic nitrogens is 1. The molecular formula is C19H20F2N2O2S. The predicted molar refractivity (Wildman–Crippen MR) is 94.8 cm³/mol. The van der Waals surface area contributed by atoms with Crippen LogP contribution in [0.25, 0.3) is 11.3 Å². The normalized spacial score (nSPS) is 26.0. The number of likely N-dealkylation sites (tertiary alicyclic amines) is 1. The molecule has 1 aromatic heterocycles. The Bertz CT molecular complexity index is 805. The first-order chi connectivity index (χ1) is 12.5. The molecule has 1 aliphatic carbocycles. The quantitative estimate of drug-likeness (QED) is 0.862. The summed E-state index contributed by atoms with van der Waals surface area (Å²) in [6, 6.07) is 3.52. The van der Waals surface area contributed by atoms with Crippen LogP contribution in [0.2, 0.25) is 0 Å². The van der Waals surface area contributed by atoms with Gasteiger partial charge in [0.05, 0.1) is 17.8 Å². The van der Waals surface area contributed by atoms with Gasteiger partial charge in [-0.3, -0.25) is 9.69 Å². The molecule has 0 spiro atoms. The Morgan fingerprint density at radius 3 is 2.73 bits per heavy atom. The highest BCUT2D eigenvalue weighted by atomic mass is 32.1. The Morgan fingerprint density at radius 2 is 2.00 bits per heavy atom. The lowest BCUT2D eigenvalue weighted by atomic mass is 9.85. The molecule has 138 valence electrons. The number of fused-ring (bicyclic) bond motifs is 1. The minimum absolute atomic E-state index is 0.123. The van der Waals surface area contributed by atoms with Crippen molar-refractivity contribution in [1.29, 1.82) is 0 Å². The molecule has 2 aromatic rings. The number of hydrogen-bond donors (Lipinski definition) is 1. The molecule has 1 N–H and O–H groups in total. The van der Waals surface area contributed by atoms with Gasteiger partial charge in [0.2, 0.25) is 0 Å². The molecule has 1 aromatic carbocycles. The summed E-state index contributed by atoms with van der Waals surface area (Å²) in [5, 5.41) is 11.9. The summed E-state index contributed by atoms with van der Waals surface area (Å²) in [4.78, 5) is 18.1. The SMILES string of the molecule is O=C(O)C1CC2CCCCC2N1Cc1nc(-c2c(F)cccc2F)cs1. The van der Waals surface area contributed by atoms with Crippen LogP contribution >= 0.6 is 11.3 Å². The third-order valence-corrected chi connectivity index (χ3v) is 6.43. The minimum Gasteiger partial charge on any atom is -0.480 e. The summed E-state index contributed by atoms with van der Waals surface area (Å²) in [6.45, 7) is 0.416. The first-order valence-electron chi connectivity index (χ1n) is 8.92. The summed E-state index contributed by atoms with van der Waals surface area (Å²) >= 11 is 1.32. The van der Waals surface area contributed by atoms with Crippen molar-refractivity contribution in [2.45, 2.75) is 50.7 Å². The first kappa shape index (κ1) is 17.5. The predicted octanol–water partition coefficient (Wildman–Crippen LogP) is 4.31. The van der Waals surface area contributed by atoms with Gasteiger partial charge < -0.3 is 5.11 Å². The van der Waals surface area contributed by atoms with Crippen molar-refractivity contribution in [1.82, 2.24) is 9.88 Å². The Morgan fingerprint density at radius 1 is 1.27 bits per heavy atom. The number of carbonyl (C=O) groups is 1. The van der Waals surface area contributed by atoms with Gasteiger partial charge in [-0.25, -0.2) is 13.8 Å². The number of hydrogen-bond acceptors (Lipinski definition) is 4. The van der Waals surface area contributed by atoms with E-state index in [0.717, 1.165) is 25.7 Å². The maximum Gasteiger partial charge on any atom is 0.320 e. The number of carboxylic acids is 1. The lowest BCUT2D eigenvalue weighted by molar-refractivity contribution is -0.142. The number of benzene rings is 1. The summed E-state index contributed by atoms with van der Waals surface area (Å²) in [5.41, 5.74) is 0.147. The van der Waals surface area contributed by atoms with Gasteiger partial charge in [0.25, 0.3) is 0 Å². The molecular weight excluding hydrogens is 358 g/mol. The number of nitrogens with zero attached hydrogens (tertiary/aromatic N) is 2. The van der Waals surface area contributed by atoms with Crippen molar-refractivity contribution in [2.24, 2.45) is 5.92 Å². The zero-order valence-electron chi connectivity index (χ0n) is 14.2. The van der Waals surface area contributed by atoms with Crippen molar-refractivity contribution < 1.29 is 18.7 Å². The third kappa shape index (κ3) is 3.14. The van der Waals surface area contributed by atoms with Crippen LogP contribution in [0.1, 0.15) is 37.1 Å². The van der Waals surface area contributed by atoms with Crippen LogP contribution in [0.5, 0.6) is 0 Å². The second-order valence-corrected chi connectivity index (χ2v) is 8.04. The van der Waals surface area contributed by atoms with E-state index in [1.807, 2.05) is 4.90 Å². The van der Waals surface area contributed by atoms with E-state index >= 15 is 0 Å². The molecule has 0 bridgehead atoms. The maximum absolute atomic E-state index is 14.0. The first-order valence-corrected chi connectivity index (χ1v) is 9.80. The van der Waals surface area contributed by atoms with Crippen molar-refractivity contribution >= 4 is 17.3 Å². The second kappa shape index (κ2) is 7.04. The van der Waals surface area contributed by atoms with Gasteiger partial charge >= 0.3 is 5.97 Å². The van der Waals surface area contributed by atoms with E-state index in [1.165, 1.54) is 29.5 Å². The monoisotopic (exact) mass is 378 g/mol. The highest BCUT2D eigenvalue weighted by Crippen LogP contribution is 2.41. The third-order valence-electron chi connectivity index (χ3n) is 5.59. The van der Waals surface area contributed by atoms with E-state index in [2.05, 4.69) is 4.98 Å². The fraction of sp³-hybridized carbons (Fsp3) is 0.474. The molecule has 3 atom stereocenters. The number of thiazole rings is 1. The number of carboxylic acid groups (broad SMARTS) is 1. The number of aliphatic carboxylic acids is 1. The van der Waals surface area contributed by atoms with Crippen LogP contribution in [0, 0.1) is 17.6 Å². The van der Waals surface area contributed by atoms with Gasteiger partial charge in [0, 0.05) is 11.4 Å². The zero-order chi connectivity index (χ0) is 18.3. The Kier molecular flexibility index (Phi) is 4.75. The standard InChI is InChI=1S/C19H20F2N2O2S/c20-12-5-3-6-13(21)18(12)14-10-26-17(22-14)9-23-15-7-2-1-4-11(15)8-16(23)19(24)25/h3,5-6,10-11,15-16H,1-2,4,7-9H2,(H,24,25). The Balaban J connectivity index is 1.59. The minimum atomic E-state index is -0.795. The fourth-order valence-corrected chi connectivity index (χ4v) is 5.21. The van der Waals surface area contributed by atoms with E-state index < -0.39 is 23.6 Å². The van der Waals surface area contributed by atoms with Gasteiger partial charge in [0.15, 0.2) is 0 Å². The molecule has 2 fully saturated rings. The molecule has 0 amide bonds. The van der Waals surface area contributed by atoms with Crippen molar-refractivity contribution in [3.05, 3.63) is 40.2 Å². The summed E-state index contributed by atoms with van der Waals surface area (Å²) in [5.74, 6) is -1.65. The smallest absolute Gasteiger partial charge is 0.320 e. The van der Waals surface area contributed by atoms with E-state index in [9.17, 15) is 18.7 Å². The highest BCUT2D eigenvalue weighted by Gasteiger charge is 2.45. The topological polar surface area (TPSA) is 53.4 Å². The van der Waals surface area contributed by atoms with Crippen LogP contribution in [0.4, 0.5) is 8.78 Å². The summed E-state index contributed by atoms with van der Waals surface area (Å²) in [7, 11) is 0. The second-order valence-electron chi connectivity index (χ2n) is 7.10. The van der Waals surface area contributed by atoms with Crippen molar-refractivity contribution in [3.8, 4) is 11.3 Å². The molecule has 7 heteroatoms. The van der Waals surface area contributed by atoms with E-state index in [-0.39, 0.29) is 17.3 Å². The van der Waals surface area contributed by atoms with Gasteiger partial charge in [-0.2, -0.15) is 0 Å². The van der Waals surface area contributed by atoms with Gasteiger partial charge in [-0.1, -0.05) is 18.9 Å². The summed E-state index contributed by atoms with van der Waals surface area (Å²) < 4.78 is 28.0. The molecule has 3 unspecified atom stereocenters. The van der Waals surface area contributed by atoms with Crippen molar-refractivity contribution in [2.75, 3.05) is 0 Å². The van der Waals surface area contributed by atoms with E-state index in [0.29, 0.717) is 23.9 Å². The Hall–Kier alpha value is -1.86. The zero-order valence-corrected chi connectivity index (χ0v) is 15.0. The molecule has 2 aliphatic rings. The van der Waals surface area contributed by atoms with Crippen LogP contribution in [-0.4, -0.2) is 33.0 Å². The maximum atomic E-state index is 14.0. The van der Waals surface area contributed by atoms with E-state index in [4.69, 9.17) is 0 Å². The molecule has 1 saturated carbocycles. The van der Waals surface area contributed by atoms with Crippen LogP contribution in [0.15, 0.2) is 23.6 Å².